The smallest absolute Gasteiger partial charge is 0.150 e. The summed E-state index contributed by atoms with van der Waals surface area (Å²) in [4.78, 5) is 2.60. The van der Waals surface area contributed by atoms with Crippen LogP contribution >= 0.6 is 0 Å². The standard InChI is InChI=1S/C17H26N4O/c1-4-10-20(13-14-7-3-6-12-22-14)15(8-1)17-19-18-16-9-2-5-11-21(16)17/h6,12,14-15H,1-5,7-11,13H2. The number of fused-ring (bicyclic) bond motifs is 1. The minimum Gasteiger partial charge on any atom is -0.497 e. The van der Waals surface area contributed by atoms with Crippen LogP contribution in [0.5, 0.6) is 0 Å². The van der Waals surface area contributed by atoms with Gasteiger partial charge in [-0.15, -0.1) is 10.2 Å². The van der Waals surface area contributed by atoms with E-state index in [1.54, 1.807) is 0 Å². The van der Waals surface area contributed by atoms with Gasteiger partial charge < -0.3 is 9.30 Å². The van der Waals surface area contributed by atoms with Crippen molar-refractivity contribution in [3.05, 3.63) is 24.0 Å². The van der Waals surface area contributed by atoms with Crippen LogP contribution in [0, 0.1) is 0 Å². The van der Waals surface area contributed by atoms with Crippen LogP contribution in [0.2, 0.25) is 0 Å². The van der Waals surface area contributed by atoms with Gasteiger partial charge in [-0.1, -0.05) is 6.42 Å². The van der Waals surface area contributed by atoms with E-state index >= 15 is 0 Å². The Hall–Kier alpha value is -1.36. The number of likely N-dealkylation sites (tertiary alicyclic amines) is 1. The van der Waals surface area contributed by atoms with Crippen LogP contribution in [0.15, 0.2) is 12.3 Å². The minimum atomic E-state index is 0.342. The first-order valence-corrected chi connectivity index (χ1v) is 8.88. The number of ether oxygens (including phenoxy) is 1. The van der Waals surface area contributed by atoms with Crippen molar-refractivity contribution < 1.29 is 4.74 Å². The van der Waals surface area contributed by atoms with Crippen LogP contribution in [-0.2, 0) is 17.7 Å². The van der Waals surface area contributed by atoms with Crippen molar-refractivity contribution in [1.29, 1.82) is 0 Å². The van der Waals surface area contributed by atoms with E-state index in [0.29, 0.717) is 12.1 Å². The number of aryl methyl sites for hydroxylation is 1. The number of rotatable bonds is 3. The molecular formula is C17H26N4O. The maximum atomic E-state index is 5.79. The SMILES string of the molecule is C1=COC(CN2CCCCC2c2nnc3n2CCCC3)CC1. The quantitative estimate of drug-likeness (QED) is 0.861. The van der Waals surface area contributed by atoms with E-state index in [0.717, 1.165) is 38.9 Å². The summed E-state index contributed by atoms with van der Waals surface area (Å²) < 4.78 is 8.19. The molecule has 0 aliphatic carbocycles. The van der Waals surface area contributed by atoms with E-state index in [1.165, 1.54) is 43.8 Å². The lowest BCUT2D eigenvalue weighted by molar-refractivity contribution is 0.0426. The molecule has 1 saturated heterocycles. The molecule has 0 bridgehead atoms. The van der Waals surface area contributed by atoms with Crippen molar-refractivity contribution in [1.82, 2.24) is 19.7 Å². The first-order valence-electron chi connectivity index (χ1n) is 8.88. The molecule has 120 valence electrons. The molecule has 0 radical (unpaired) electrons. The molecule has 1 fully saturated rings. The molecule has 4 heterocycles. The van der Waals surface area contributed by atoms with E-state index in [4.69, 9.17) is 4.74 Å². The number of nitrogens with zero attached hydrogens (tertiary/aromatic N) is 4. The van der Waals surface area contributed by atoms with Crippen molar-refractivity contribution in [2.45, 2.75) is 70.1 Å². The fourth-order valence-electron chi connectivity index (χ4n) is 4.06. The molecule has 2 atom stereocenters. The summed E-state index contributed by atoms with van der Waals surface area (Å²) in [6.45, 7) is 3.29. The van der Waals surface area contributed by atoms with Gasteiger partial charge >= 0.3 is 0 Å². The zero-order valence-electron chi connectivity index (χ0n) is 13.3. The molecule has 5 nitrogen and oxygen atoms in total. The monoisotopic (exact) mass is 302 g/mol. The highest BCUT2D eigenvalue weighted by Gasteiger charge is 2.31. The molecule has 1 aromatic heterocycles. The van der Waals surface area contributed by atoms with Crippen LogP contribution in [-0.4, -0.2) is 38.9 Å². The summed E-state index contributed by atoms with van der Waals surface area (Å²) in [5, 5.41) is 9.04. The Morgan fingerprint density at radius 1 is 1.09 bits per heavy atom. The van der Waals surface area contributed by atoms with Gasteiger partial charge in [-0.3, -0.25) is 4.90 Å². The summed E-state index contributed by atoms with van der Waals surface area (Å²) in [5.41, 5.74) is 0. The van der Waals surface area contributed by atoms with E-state index < -0.39 is 0 Å². The molecule has 3 aliphatic rings. The second-order valence-electron chi connectivity index (χ2n) is 6.80. The lowest BCUT2D eigenvalue weighted by Crippen LogP contribution is -2.41. The number of aromatic nitrogens is 3. The van der Waals surface area contributed by atoms with E-state index in [-0.39, 0.29) is 0 Å². The first-order chi connectivity index (χ1) is 10.9. The van der Waals surface area contributed by atoms with Crippen LogP contribution in [0.1, 0.15) is 62.6 Å². The normalized spacial score (nSPS) is 29.1. The number of allylic oxidation sites excluding steroid dienone is 1. The summed E-state index contributed by atoms with van der Waals surface area (Å²) in [7, 11) is 0. The fraction of sp³-hybridized carbons (Fsp3) is 0.765. The molecule has 0 N–H and O–H groups in total. The Morgan fingerprint density at radius 3 is 2.95 bits per heavy atom. The highest BCUT2D eigenvalue weighted by molar-refractivity contribution is 5.05. The Bertz CT molecular complexity index is 539. The van der Waals surface area contributed by atoms with Crippen LogP contribution in [0.4, 0.5) is 0 Å². The van der Waals surface area contributed by atoms with Gasteiger partial charge in [0.25, 0.3) is 0 Å². The predicted molar refractivity (Wildman–Crippen MR) is 84.4 cm³/mol. The molecule has 2 unspecified atom stereocenters. The Labute approximate surface area is 132 Å². The summed E-state index contributed by atoms with van der Waals surface area (Å²) in [6.07, 6.45) is 14.0. The lowest BCUT2D eigenvalue weighted by atomic mass is 9.99. The number of piperidine rings is 1. The largest absolute Gasteiger partial charge is 0.497 e. The molecule has 0 spiro atoms. The van der Waals surface area contributed by atoms with Crippen molar-refractivity contribution in [2.24, 2.45) is 0 Å². The highest BCUT2D eigenvalue weighted by Crippen LogP contribution is 2.32. The second kappa shape index (κ2) is 6.41. The van der Waals surface area contributed by atoms with Crippen LogP contribution < -0.4 is 0 Å². The van der Waals surface area contributed by atoms with Gasteiger partial charge in [-0.05, 0) is 51.1 Å². The molecule has 0 aromatic carbocycles. The summed E-state index contributed by atoms with van der Waals surface area (Å²) >= 11 is 0. The molecule has 5 heteroatoms. The molecular weight excluding hydrogens is 276 g/mol. The van der Waals surface area contributed by atoms with Gasteiger partial charge in [-0.25, -0.2) is 0 Å². The van der Waals surface area contributed by atoms with Gasteiger partial charge in [-0.2, -0.15) is 0 Å². The molecule has 3 aliphatic heterocycles. The Balaban J connectivity index is 1.52. The van der Waals surface area contributed by atoms with E-state index in [9.17, 15) is 0 Å². The minimum absolute atomic E-state index is 0.342. The average Bonchev–Trinajstić information content (AvgIpc) is 3.00. The third-order valence-electron chi connectivity index (χ3n) is 5.26. The van der Waals surface area contributed by atoms with Crippen molar-refractivity contribution in [3.63, 3.8) is 0 Å². The van der Waals surface area contributed by atoms with Gasteiger partial charge in [0.15, 0.2) is 0 Å². The highest BCUT2D eigenvalue weighted by atomic mass is 16.5. The van der Waals surface area contributed by atoms with Gasteiger partial charge in [0.1, 0.15) is 17.8 Å². The first kappa shape index (κ1) is 14.2. The average molecular weight is 302 g/mol. The van der Waals surface area contributed by atoms with Crippen molar-refractivity contribution >= 4 is 0 Å². The third kappa shape index (κ3) is 2.78. The second-order valence-corrected chi connectivity index (χ2v) is 6.80. The topological polar surface area (TPSA) is 43.2 Å². The zero-order valence-corrected chi connectivity index (χ0v) is 13.3. The lowest BCUT2D eigenvalue weighted by Gasteiger charge is -2.37. The zero-order chi connectivity index (χ0) is 14.8. The van der Waals surface area contributed by atoms with Gasteiger partial charge in [0.05, 0.1) is 12.3 Å². The van der Waals surface area contributed by atoms with Gasteiger partial charge in [0.2, 0.25) is 0 Å². The van der Waals surface area contributed by atoms with Crippen molar-refractivity contribution in [2.75, 3.05) is 13.1 Å². The third-order valence-corrected chi connectivity index (χ3v) is 5.26. The van der Waals surface area contributed by atoms with Gasteiger partial charge in [0, 0.05) is 19.5 Å². The molecule has 0 amide bonds. The Kier molecular flexibility index (Phi) is 4.15. The predicted octanol–water partition coefficient (Wildman–Crippen LogP) is 2.83. The van der Waals surface area contributed by atoms with E-state index in [2.05, 4.69) is 25.7 Å². The Morgan fingerprint density at radius 2 is 2.05 bits per heavy atom. The number of hydrogen-bond donors (Lipinski definition) is 0. The summed E-state index contributed by atoms with van der Waals surface area (Å²) in [6, 6.07) is 0.433. The molecule has 1 aromatic rings. The maximum Gasteiger partial charge on any atom is 0.150 e. The van der Waals surface area contributed by atoms with Crippen LogP contribution in [0.3, 0.4) is 0 Å². The maximum absolute atomic E-state index is 5.79. The van der Waals surface area contributed by atoms with Crippen molar-refractivity contribution in [3.8, 4) is 0 Å². The van der Waals surface area contributed by atoms with Crippen LogP contribution in [0.25, 0.3) is 0 Å². The molecule has 22 heavy (non-hydrogen) atoms. The molecule has 4 rings (SSSR count). The fourth-order valence-corrected chi connectivity index (χ4v) is 4.06. The van der Waals surface area contributed by atoms with E-state index in [1.807, 2.05) is 6.26 Å². The molecule has 0 saturated carbocycles. The summed E-state index contributed by atoms with van der Waals surface area (Å²) in [5.74, 6) is 2.41. The number of hydrogen-bond acceptors (Lipinski definition) is 4.